The first-order valence-corrected chi connectivity index (χ1v) is 10.3. The number of amides is 1. The third-order valence-corrected chi connectivity index (χ3v) is 5.91. The van der Waals surface area contributed by atoms with Crippen molar-refractivity contribution in [3.05, 3.63) is 35.6 Å². The highest BCUT2D eigenvalue weighted by molar-refractivity contribution is 14.0. The zero-order valence-electron chi connectivity index (χ0n) is 15.4. The molecule has 1 aromatic rings. The molecule has 1 unspecified atom stereocenters. The summed E-state index contributed by atoms with van der Waals surface area (Å²) in [6.45, 7) is 0.928. The SMILES string of the molecule is CN=C(NCCC(=O)NC1CCS(=O)(=O)C1)N(C)Cc1ccc(F)cc1.I. The van der Waals surface area contributed by atoms with Gasteiger partial charge >= 0.3 is 0 Å². The second-order valence-electron chi connectivity index (χ2n) is 6.37. The van der Waals surface area contributed by atoms with E-state index in [0.29, 0.717) is 25.5 Å². The summed E-state index contributed by atoms with van der Waals surface area (Å²) in [5, 5.41) is 5.85. The molecular weight excluding hydrogens is 486 g/mol. The van der Waals surface area contributed by atoms with Crippen molar-refractivity contribution in [2.75, 3.05) is 32.1 Å². The van der Waals surface area contributed by atoms with Crippen LogP contribution >= 0.6 is 24.0 Å². The largest absolute Gasteiger partial charge is 0.356 e. The van der Waals surface area contributed by atoms with E-state index in [-0.39, 0.29) is 59.7 Å². The molecule has 7 nitrogen and oxygen atoms in total. The number of guanidine groups is 1. The Hall–Kier alpha value is -1.43. The fraction of sp³-hybridized carbons (Fsp3) is 0.529. The van der Waals surface area contributed by atoms with Crippen molar-refractivity contribution in [1.29, 1.82) is 0 Å². The smallest absolute Gasteiger partial charge is 0.222 e. The molecule has 2 N–H and O–H groups in total. The van der Waals surface area contributed by atoms with Crippen LogP contribution in [0.4, 0.5) is 4.39 Å². The molecule has 1 aromatic carbocycles. The van der Waals surface area contributed by atoms with E-state index in [9.17, 15) is 17.6 Å². The van der Waals surface area contributed by atoms with E-state index in [1.54, 1.807) is 19.2 Å². The molecule has 1 heterocycles. The van der Waals surface area contributed by atoms with Gasteiger partial charge in [-0.3, -0.25) is 9.79 Å². The van der Waals surface area contributed by atoms with Crippen molar-refractivity contribution >= 4 is 45.7 Å². The molecule has 0 saturated carbocycles. The maximum atomic E-state index is 13.0. The van der Waals surface area contributed by atoms with Gasteiger partial charge in [0.05, 0.1) is 11.5 Å². The maximum Gasteiger partial charge on any atom is 0.222 e. The second-order valence-corrected chi connectivity index (χ2v) is 8.60. The summed E-state index contributed by atoms with van der Waals surface area (Å²) in [7, 11) is 0.493. The van der Waals surface area contributed by atoms with Crippen LogP contribution in [0.25, 0.3) is 0 Å². The van der Waals surface area contributed by atoms with Crippen LogP contribution in [-0.2, 0) is 21.2 Å². The van der Waals surface area contributed by atoms with E-state index in [0.717, 1.165) is 5.56 Å². The molecule has 1 saturated heterocycles. The van der Waals surface area contributed by atoms with Gasteiger partial charge in [-0.05, 0) is 24.1 Å². The average Bonchev–Trinajstić information content (AvgIpc) is 2.92. The lowest BCUT2D eigenvalue weighted by molar-refractivity contribution is -0.121. The molecule has 1 amide bonds. The minimum Gasteiger partial charge on any atom is -0.356 e. The molecular formula is C17H26FIN4O3S. The number of rotatable bonds is 6. The number of carbonyl (C=O) groups excluding carboxylic acids is 1. The Morgan fingerprint density at radius 1 is 1.33 bits per heavy atom. The Labute approximate surface area is 176 Å². The Morgan fingerprint density at radius 3 is 2.56 bits per heavy atom. The molecule has 0 bridgehead atoms. The molecule has 1 aliphatic heterocycles. The maximum absolute atomic E-state index is 13.0. The molecule has 10 heteroatoms. The van der Waals surface area contributed by atoms with E-state index >= 15 is 0 Å². The van der Waals surface area contributed by atoms with E-state index in [4.69, 9.17) is 0 Å². The van der Waals surface area contributed by atoms with Crippen molar-refractivity contribution in [3.8, 4) is 0 Å². The summed E-state index contributed by atoms with van der Waals surface area (Å²) in [6.07, 6.45) is 0.698. The summed E-state index contributed by atoms with van der Waals surface area (Å²) in [6, 6.07) is 5.96. The summed E-state index contributed by atoms with van der Waals surface area (Å²) in [5.41, 5.74) is 0.942. The van der Waals surface area contributed by atoms with Gasteiger partial charge in [0.2, 0.25) is 5.91 Å². The average molecular weight is 512 g/mol. The molecule has 1 fully saturated rings. The summed E-state index contributed by atoms with van der Waals surface area (Å²) >= 11 is 0. The standard InChI is InChI=1S/C17H25FN4O3S.HI/c1-19-17(22(2)11-13-3-5-14(18)6-4-13)20-9-7-16(23)21-15-8-10-26(24,25)12-15;/h3-6,15H,7-12H2,1-2H3,(H,19,20)(H,21,23);1H. The highest BCUT2D eigenvalue weighted by Crippen LogP contribution is 2.11. The number of hydrogen-bond donors (Lipinski definition) is 2. The fourth-order valence-corrected chi connectivity index (χ4v) is 4.49. The molecule has 2 rings (SSSR count). The molecule has 27 heavy (non-hydrogen) atoms. The van der Waals surface area contributed by atoms with Crippen LogP contribution in [0.3, 0.4) is 0 Å². The second kappa shape index (κ2) is 10.8. The molecule has 0 aromatic heterocycles. The van der Waals surface area contributed by atoms with E-state index in [1.165, 1.54) is 12.1 Å². The first-order chi connectivity index (χ1) is 12.3. The van der Waals surface area contributed by atoms with Crippen LogP contribution < -0.4 is 10.6 Å². The van der Waals surface area contributed by atoms with Gasteiger partial charge < -0.3 is 15.5 Å². The van der Waals surface area contributed by atoms with Crippen LogP contribution in [0.15, 0.2) is 29.3 Å². The topological polar surface area (TPSA) is 90.9 Å². The predicted octanol–water partition coefficient (Wildman–Crippen LogP) is 1.14. The number of nitrogens with one attached hydrogen (secondary N) is 2. The lowest BCUT2D eigenvalue weighted by Crippen LogP contribution is -2.41. The summed E-state index contributed by atoms with van der Waals surface area (Å²) in [5.74, 6) is 0.312. The van der Waals surface area contributed by atoms with Gasteiger partial charge in [-0.1, -0.05) is 12.1 Å². The lowest BCUT2D eigenvalue weighted by atomic mass is 10.2. The van der Waals surface area contributed by atoms with E-state index in [2.05, 4.69) is 15.6 Å². The van der Waals surface area contributed by atoms with Gasteiger partial charge in [0.1, 0.15) is 5.82 Å². The Balaban J connectivity index is 0.00000364. The van der Waals surface area contributed by atoms with Gasteiger partial charge in [-0.25, -0.2) is 12.8 Å². The van der Waals surface area contributed by atoms with Gasteiger partial charge in [0.25, 0.3) is 0 Å². The third kappa shape index (κ3) is 7.99. The quantitative estimate of drug-likeness (QED) is 0.339. The minimum absolute atomic E-state index is 0. The van der Waals surface area contributed by atoms with Gasteiger partial charge in [-0.2, -0.15) is 0 Å². The Morgan fingerprint density at radius 2 is 2.00 bits per heavy atom. The predicted molar refractivity (Wildman–Crippen MR) is 114 cm³/mol. The molecule has 0 aliphatic carbocycles. The normalized spacial score (nSPS) is 18.5. The molecule has 1 atom stereocenters. The van der Waals surface area contributed by atoms with Gasteiger partial charge in [0.15, 0.2) is 15.8 Å². The van der Waals surface area contributed by atoms with Crippen molar-refractivity contribution in [3.63, 3.8) is 0 Å². The van der Waals surface area contributed by atoms with Crippen LogP contribution in [-0.4, -0.2) is 63.4 Å². The van der Waals surface area contributed by atoms with Crippen molar-refractivity contribution in [2.45, 2.75) is 25.4 Å². The lowest BCUT2D eigenvalue weighted by Gasteiger charge is -2.22. The van der Waals surface area contributed by atoms with Crippen LogP contribution in [0.1, 0.15) is 18.4 Å². The van der Waals surface area contributed by atoms with Crippen LogP contribution in [0.2, 0.25) is 0 Å². The summed E-state index contributed by atoms with van der Waals surface area (Å²) in [4.78, 5) is 18.0. The zero-order valence-corrected chi connectivity index (χ0v) is 18.6. The van der Waals surface area contributed by atoms with Crippen molar-refractivity contribution in [1.82, 2.24) is 15.5 Å². The highest BCUT2D eigenvalue weighted by Gasteiger charge is 2.28. The number of aliphatic imine (C=N–C) groups is 1. The van der Waals surface area contributed by atoms with Gasteiger partial charge in [0, 0.05) is 39.6 Å². The van der Waals surface area contributed by atoms with E-state index in [1.807, 2.05) is 11.9 Å². The minimum atomic E-state index is -3.00. The number of sulfone groups is 1. The first-order valence-electron chi connectivity index (χ1n) is 8.45. The highest BCUT2D eigenvalue weighted by atomic mass is 127. The van der Waals surface area contributed by atoms with Crippen LogP contribution in [0, 0.1) is 5.82 Å². The zero-order chi connectivity index (χ0) is 19.2. The van der Waals surface area contributed by atoms with Gasteiger partial charge in [-0.15, -0.1) is 24.0 Å². The van der Waals surface area contributed by atoms with Crippen LogP contribution in [0.5, 0.6) is 0 Å². The molecule has 0 radical (unpaired) electrons. The number of nitrogens with zero attached hydrogens (tertiary/aromatic N) is 2. The molecule has 152 valence electrons. The van der Waals surface area contributed by atoms with E-state index < -0.39 is 9.84 Å². The van der Waals surface area contributed by atoms with Crippen molar-refractivity contribution < 1.29 is 17.6 Å². The molecule has 0 spiro atoms. The summed E-state index contributed by atoms with van der Waals surface area (Å²) < 4.78 is 35.8. The monoisotopic (exact) mass is 512 g/mol. The fourth-order valence-electron chi connectivity index (χ4n) is 2.82. The number of carbonyl (C=O) groups is 1. The number of hydrogen-bond acceptors (Lipinski definition) is 4. The Bertz CT molecular complexity index is 756. The number of benzene rings is 1. The van der Waals surface area contributed by atoms with Crippen molar-refractivity contribution in [2.24, 2.45) is 4.99 Å². The number of halogens is 2. The third-order valence-electron chi connectivity index (χ3n) is 4.14. The Kier molecular flexibility index (Phi) is 9.43. The first kappa shape index (κ1) is 23.6. The molecule has 1 aliphatic rings.